The van der Waals surface area contributed by atoms with Crippen LogP contribution in [0.1, 0.15) is 24.8 Å². The Hall–Kier alpha value is -2.60. The number of carbonyl (C=O) groups is 1. The van der Waals surface area contributed by atoms with Gasteiger partial charge in [-0.25, -0.2) is 4.99 Å². The largest absolute Gasteiger partial charge is 0.402 e. The third-order valence-corrected chi connectivity index (χ3v) is 4.86. The van der Waals surface area contributed by atoms with E-state index in [0.29, 0.717) is 12.2 Å². The van der Waals surface area contributed by atoms with Gasteiger partial charge in [-0.15, -0.1) is 0 Å². The summed E-state index contributed by atoms with van der Waals surface area (Å²) in [6.45, 7) is 0.888. The lowest BCUT2D eigenvalue weighted by Gasteiger charge is -2.25. The molecule has 2 aliphatic carbocycles. The van der Waals surface area contributed by atoms with Gasteiger partial charge in [0.25, 0.3) is 0 Å². The van der Waals surface area contributed by atoms with Crippen LogP contribution in [0.15, 0.2) is 52.8 Å². The molecule has 1 aromatic rings. The van der Waals surface area contributed by atoms with E-state index in [4.69, 9.17) is 11.5 Å². The van der Waals surface area contributed by atoms with Gasteiger partial charge in [0.15, 0.2) is 0 Å². The summed E-state index contributed by atoms with van der Waals surface area (Å²) in [6, 6.07) is 8.02. The summed E-state index contributed by atoms with van der Waals surface area (Å²) in [6.07, 6.45) is 6.86. The number of hydrogen-bond acceptors (Lipinski definition) is 4. The summed E-state index contributed by atoms with van der Waals surface area (Å²) in [5, 5.41) is 2.39. The zero-order chi connectivity index (χ0) is 17.2. The summed E-state index contributed by atoms with van der Waals surface area (Å²) in [7, 11) is 2.17. The molecule has 0 aromatic heterocycles. The quantitative estimate of drug-likeness (QED) is 0.402. The van der Waals surface area contributed by atoms with Crippen LogP contribution in [0.4, 0.5) is 5.69 Å². The van der Waals surface area contributed by atoms with Gasteiger partial charge in [-0.3, -0.25) is 9.69 Å². The summed E-state index contributed by atoms with van der Waals surface area (Å²) in [5.74, 6) is 0.335. The Kier molecular flexibility index (Phi) is 4.40. The van der Waals surface area contributed by atoms with Crippen LogP contribution >= 0.6 is 0 Å². The number of carbonyl (C=O) groups excluding carboxylic acids is 1. The van der Waals surface area contributed by atoms with E-state index in [0.717, 1.165) is 37.2 Å². The Morgan fingerprint density at radius 1 is 1.42 bits per heavy atom. The highest BCUT2D eigenvalue weighted by molar-refractivity contribution is 5.93. The molecule has 0 saturated heterocycles. The van der Waals surface area contributed by atoms with Crippen LogP contribution in [-0.4, -0.2) is 29.7 Å². The SMILES string of the molecule is CN(Cc1ccc(N=C(N)/C=C\NC=O)cc1)C12CCC(N)=C1C2. The van der Waals surface area contributed by atoms with Gasteiger partial charge in [0.05, 0.1) is 5.69 Å². The second-order valence-corrected chi connectivity index (χ2v) is 6.39. The molecular weight excluding hydrogens is 302 g/mol. The zero-order valence-electron chi connectivity index (χ0n) is 13.8. The van der Waals surface area contributed by atoms with Gasteiger partial charge in [-0.1, -0.05) is 12.1 Å². The smallest absolute Gasteiger partial charge is 0.211 e. The first-order valence-electron chi connectivity index (χ1n) is 8.04. The number of benzene rings is 1. The highest BCUT2D eigenvalue weighted by Crippen LogP contribution is 2.57. The molecule has 126 valence electrons. The Labute approximate surface area is 141 Å². The van der Waals surface area contributed by atoms with Crippen LogP contribution in [0.3, 0.4) is 0 Å². The number of nitrogens with zero attached hydrogens (tertiary/aromatic N) is 2. The Morgan fingerprint density at radius 3 is 2.75 bits per heavy atom. The Morgan fingerprint density at radius 2 is 2.17 bits per heavy atom. The lowest BCUT2D eigenvalue weighted by molar-refractivity contribution is -0.108. The molecule has 0 bridgehead atoms. The predicted octanol–water partition coefficient (Wildman–Crippen LogP) is 1.52. The molecule has 6 heteroatoms. The number of rotatable bonds is 7. The molecule has 5 N–H and O–H groups in total. The Bertz CT molecular complexity index is 719. The number of amides is 1. The van der Waals surface area contributed by atoms with Crippen molar-refractivity contribution in [3.63, 3.8) is 0 Å². The summed E-state index contributed by atoms with van der Waals surface area (Å²) in [4.78, 5) is 16.8. The average Bonchev–Trinajstić information content (AvgIpc) is 3.23. The van der Waals surface area contributed by atoms with Crippen molar-refractivity contribution in [3.05, 3.63) is 53.4 Å². The molecule has 0 radical (unpaired) electrons. The van der Waals surface area contributed by atoms with Crippen molar-refractivity contribution in [2.45, 2.75) is 31.3 Å². The first-order chi connectivity index (χ1) is 11.5. The summed E-state index contributed by atoms with van der Waals surface area (Å²) < 4.78 is 0. The van der Waals surface area contributed by atoms with E-state index in [9.17, 15) is 4.79 Å². The predicted molar refractivity (Wildman–Crippen MR) is 95.3 cm³/mol. The van der Waals surface area contributed by atoms with Crippen molar-refractivity contribution < 1.29 is 4.79 Å². The number of amidine groups is 1. The van der Waals surface area contributed by atoms with Crippen molar-refractivity contribution in [2.75, 3.05) is 7.05 Å². The maximum atomic E-state index is 10.2. The van der Waals surface area contributed by atoms with E-state index in [1.54, 1.807) is 6.08 Å². The number of aliphatic imine (C=N–C) groups is 1. The van der Waals surface area contributed by atoms with Crippen LogP contribution in [0.2, 0.25) is 0 Å². The van der Waals surface area contributed by atoms with Crippen molar-refractivity contribution in [3.8, 4) is 0 Å². The third kappa shape index (κ3) is 3.19. The Balaban J connectivity index is 1.61. The van der Waals surface area contributed by atoms with Gasteiger partial charge >= 0.3 is 0 Å². The highest BCUT2D eigenvalue weighted by atomic mass is 16.1. The normalized spacial score (nSPS) is 23.0. The minimum absolute atomic E-state index is 0.224. The fourth-order valence-corrected chi connectivity index (χ4v) is 3.41. The molecule has 24 heavy (non-hydrogen) atoms. The van der Waals surface area contributed by atoms with Crippen molar-refractivity contribution in [2.24, 2.45) is 16.5 Å². The van der Waals surface area contributed by atoms with Gasteiger partial charge in [0, 0.05) is 24.0 Å². The number of nitrogens with two attached hydrogens (primary N) is 2. The van der Waals surface area contributed by atoms with Gasteiger partial charge in [-0.2, -0.15) is 0 Å². The second kappa shape index (κ2) is 6.49. The van der Waals surface area contributed by atoms with Gasteiger partial charge in [-0.05, 0) is 55.7 Å². The lowest BCUT2D eigenvalue weighted by atomic mass is 10.1. The van der Waals surface area contributed by atoms with Crippen molar-refractivity contribution >= 4 is 17.9 Å². The molecule has 0 aliphatic heterocycles. The molecule has 1 fully saturated rings. The van der Waals surface area contributed by atoms with E-state index >= 15 is 0 Å². The van der Waals surface area contributed by atoms with E-state index < -0.39 is 0 Å². The average molecular weight is 325 g/mol. The van der Waals surface area contributed by atoms with E-state index in [2.05, 4.69) is 34.4 Å². The second-order valence-electron chi connectivity index (χ2n) is 6.39. The zero-order valence-corrected chi connectivity index (χ0v) is 13.8. The number of hydrogen-bond donors (Lipinski definition) is 3. The molecule has 1 unspecified atom stereocenters. The molecule has 6 nitrogen and oxygen atoms in total. The van der Waals surface area contributed by atoms with Crippen LogP contribution in [-0.2, 0) is 11.3 Å². The maximum absolute atomic E-state index is 10.2. The summed E-state index contributed by atoms with van der Waals surface area (Å²) in [5.41, 5.74) is 16.6. The maximum Gasteiger partial charge on any atom is 0.211 e. The highest BCUT2D eigenvalue weighted by Gasteiger charge is 2.56. The molecular formula is C18H23N5O. The number of fused-ring (bicyclic) bond motifs is 1. The molecule has 0 heterocycles. The minimum atomic E-state index is 0.224. The van der Waals surface area contributed by atoms with Crippen LogP contribution < -0.4 is 16.8 Å². The monoisotopic (exact) mass is 325 g/mol. The number of likely N-dealkylation sites (N-methyl/N-ethyl adjacent to an activating group) is 1. The molecule has 0 spiro atoms. The van der Waals surface area contributed by atoms with Gasteiger partial charge in [0.1, 0.15) is 5.84 Å². The van der Waals surface area contributed by atoms with E-state index in [1.807, 2.05) is 12.1 Å². The molecule has 1 atom stereocenters. The van der Waals surface area contributed by atoms with E-state index in [-0.39, 0.29) is 5.54 Å². The van der Waals surface area contributed by atoms with Gasteiger partial charge < -0.3 is 16.8 Å². The van der Waals surface area contributed by atoms with Crippen LogP contribution in [0.25, 0.3) is 0 Å². The fraction of sp³-hybridized carbons (Fsp3) is 0.333. The standard InChI is InChI=1S/C18H23N5O/c1-23(18-8-6-16(19)15(18)10-18)11-13-2-4-14(5-3-13)22-17(20)7-9-21-12-24/h2-5,7,9,12H,6,8,10-11,19H2,1H3,(H2,20,22)(H,21,24)/b9-7-. The first-order valence-corrected chi connectivity index (χ1v) is 8.04. The van der Waals surface area contributed by atoms with Crippen LogP contribution in [0, 0.1) is 0 Å². The number of allylic oxidation sites excluding steroid dienone is 1. The lowest BCUT2D eigenvalue weighted by Crippen LogP contribution is -2.32. The number of nitrogens with one attached hydrogen (secondary N) is 1. The van der Waals surface area contributed by atoms with Crippen molar-refractivity contribution in [1.82, 2.24) is 10.2 Å². The van der Waals surface area contributed by atoms with Crippen molar-refractivity contribution in [1.29, 1.82) is 0 Å². The van der Waals surface area contributed by atoms with Gasteiger partial charge in [0.2, 0.25) is 6.41 Å². The molecule has 1 saturated carbocycles. The summed E-state index contributed by atoms with van der Waals surface area (Å²) >= 11 is 0. The minimum Gasteiger partial charge on any atom is -0.402 e. The van der Waals surface area contributed by atoms with E-state index in [1.165, 1.54) is 17.3 Å². The fourth-order valence-electron chi connectivity index (χ4n) is 3.41. The van der Waals surface area contributed by atoms with Crippen LogP contribution in [0.5, 0.6) is 0 Å². The third-order valence-electron chi connectivity index (χ3n) is 4.86. The molecule has 1 aromatic carbocycles. The molecule has 2 aliphatic rings. The topological polar surface area (TPSA) is 96.7 Å². The first kappa shape index (κ1) is 16.3. The molecule has 3 rings (SSSR count). The molecule has 1 amide bonds.